The van der Waals surface area contributed by atoms with Gasteiger partial charge in [0.25, 0.3) is 5.56 Å². The van der Waals surface area contributed by atoms with Crippen LogP contribution in [0.25, 0.3) is 11.3 Å². The topological polar surface area (TPSA) is 74.8 Å². The first-order valence-corrected chi connectivity index (χ1v) is 6.06. The largest absolute Gasteiger partial charge is 0.322 e. The second-order valence-electron chi connectivity index (χ2n) is 4.23. The summed E-state index contributed by atoms with van der Waals surface area (Å²) >= 11 is 0. The first-order chi connectivity index (χ1) is 9.10. The normalized spacial score (nSPS) is 10.2. The molecule has 2 N–H and O–H groups in total. The summed E-state index contributed by atoms with van der Waals surface area (Å²) in [6.07, 6.45) is 0.969. The van der Waals surface area contributed by atoms with Crippen LogP contribution in [0.4, 0.5) is 5.69 Å². The Bertz CT molecular complexity index is 644. The van der Waals surface area contributed by atoms with Crippen molar-refractivity contribution in [3.8, 4) is 11.3 Å². The standard InChI is InChI=1S/C14H15N3O2/c1-3-10-4-6-11(7-5-10)12-8-13(15-9(2)18)14(19)17-16-12/h4-8H,3H2,1-2H3,(H,17,19)(H,15,16,18). The lowest BCUT2D eigenvalue weighted by molar-refractivity contribution is -0.114. The third-order valence-electron chi connectivity index (χ3n) is 2.77. The SMILES string of the molecule is CCc1ccc(-c2cc(NC(C)=O)c(=O)[nH]n2)cc1. The number of aryl methyl sites for hydroxylation is 1. The summed E-state index contributed by atoms with van der Waals surface area (Å²) in [5, 5.41) is 8.85. The molecule has 1 aromatic heterocycles. The van der Waals surface area contributed by atoms with Gasteiger partial charge in [-0.25, -0.2) is 5.10 Å². The van der Waals surface area contributed by atoms with Gasteiger partial charge in [0.2, 0.25) is 5.91 Å². The van der Waals surface area contributed by atoms with E-state index in [0.717, 1.165) is 12.0 Å². The van der Waals surface area contributed by atoms with Crippen LogP contribution in [0.2, 0.25) is 0 Å². The van der Waals surface area contributed by atoms with Gasteiger partial charge in [-0.05, 0) is 18.1 Å². The van der Waals surface area contributed by atoms with Gasteiger partial charge >= 0.3 is 0 Å². The van der Waals surface area contributed by atoms with Crippen molar-refractivity contribution in [2.75, 3.05) is 5.32 Å². The van der Waals surface area contributed by atoms with E-state index in [0.29, 0.717) is 5.69 Å². The molecule has 0 fully saturated rings. The Labute approximate surface area is 110 Å². The number of nitrogens with zero attached hydrogens (tertiary/aromatic N) is 1. The number of nitrogens with one attached hydrogen (secondary N) is 2. The molecule has 0 saturated heterocycles. The van der Waals surface area contributed by atoms with Crippen LogP contribution in [0.5, 0.6) is 0 Å². The van der Waals surface area contributed by atoms with E-state index in [4.69, 9.17) is 0 Å². The Balaban J connectivity index is 2.39. The molecular formula is C14H15N3O2. The average Bonchev–Trinajstić information content (AvgIpc) is 2.41. The van der Waals surface area contributed by atoms with Crippen LogP contribution in [0.15, 0.2) is 35.1 Å². The summed E-state index contributed by atoms with van der Waals surface area (Å²) < 4.78 is 0. The van der Waals surface area contributed by atoms with Crippen molar-refractivity contribution >= 4 is 11.6 Å². The molecule has 5 nitrogen and oxygen atoms in total. The lowest BCUT2D eigenvalue weighted by atomic mass is 10.1. The Morgan fingerprint density at radius 1 is 1.32 bits per heavy atom. The molecule has 2 aromatic rings. The quantitative estimate of drug-likeness (QED) is 0.882. The monoisotopic (exact) mass is 257 g/mol. The number of hydrogen-bond acceptors (Lipinski definition) is 3. The van der Waals surface area contributed by atoms with Crippen molar-refractivity contribution in [2.45, 2.75) is 20.3 Å². The minimum atomic E-state index is -0.413. The lowest BCUT2D eigenvalue weighted by Crippen LogP contribution is -2.18. The summed E-state index contributed by atoms with van der Waals surface area (Å²) in [5.41, 5.74) is 2.53. The van der Waals surface area contributed by atoms with Crippen LogP contribution in [-0.2, 0) is 11.2 Å². The van der Waals surface area contributed by atoms with Crippen LogP contribution in [0, 0.1) is 0 Å². The number of carbonyl (C=O) groups is 1. The maximum Gasteiger partial charge on any atom is 0.287 e. The van der Waals surface area contributed by atoms with Gasteiger partial charge in [-0.3, -0.25) is 9.59 Å². The summed E-state index contributed by atoms with van der Waals surface area (Å²) in [6.45, 7) is 3.44. The minimum Gasteiger partial charge on any atom is -0.322 e. The van der Waals surface area contributed by atoms with E-state index in [1.54, 1.807) is 6.07 Å². The number of carbonyl (C=O) groups excluding carboxylic acids is 1. The molecule has 1 amide bonds. The summed E-state index contributed by atoms with van der Waals surface area (Å²) in [6, 6.07) is 9.48. The van der Waals surface area contributed by atoms with Gasteiger partial charge in [0, 0.05) is 12.5 Å². The third kappa shape index (κ3) is 3.07. The van der Waals surface area contributed by atoms with Crippen molar-refractivity contribution in [3.63, 3.8) is 0 Å². The van der Waals surface area contributed by atoms with Crippen molar-refractivity contribution in [1.29, 1.82) is 0 Å². The van der Waals surface area contributed by atoms with Gasteiger partial charge < -0.3 is 5.32 Å². The van der Waals surface area contributed by atoms with E-state index in [1.807, 2.05) is 24.3 Å². The van der Waals surface area contributed by atoms with E-state index in [-0.39, 0.29) is 11.6 Å². The number of anilines is 1. The number of H-pyrrole nitrogens is 1. The second kappa shape index (κ2) is 5.48. The highest BCUT2D eigenvalue weighted by Gasteiger charge is 2.06. The Hall–Kier alpha value is -2.43. The second-order valence-corrected chi connectivity index (χ2v) is 4.23. The summed E-state index contributed by atoms with van der Waals surface area (Å²) in [4.78, 5) is 22.5. The molecule has 0 unspecified atom stereocenters. The smallest absolute Gasteiger partial charge is 0.287 e. The fourth-order valence-corrected chi connectivity index (χ4v) is 1.75. The summed E-state index contributed by atoms with van der Waals surface area (Å²) in [5.74, 6) is -0.288. The average molecular weight is 257 g/mol. The highest BCUT2D eigenvalue weighted by molar-refractivity contribution is 5.88. The molecule has 19 heavy (non-hydrogen) atoms. The Kier molecular flexibility index (Phi) is 3.75. The van der Waals surface area contributed by atoms with E-state index in [9.17, 15) is 9.59 Å². The molecule has 0 radical (unpaired) electrons. The van der Waals surface area contributed by atoms with Gasteiger partial charge in [0.15, 0.2) is 0 Å². The van der Waals surface area contributed by atoms with E-state index < -0.39 is 5.56 Å². The highest BCUT2D eigenvalue weighted by Crippen LogP contribution is 2.18. The van der Waals surface area contributed by atoms with E-state index >= 15 is 0 Å². The maximum atomic E-state index is 11.5. The molecule has 0 aliphatic heterocycles. The molecule has 5 heteroatoms. The van der Waals surface area contributed by atoms with E-state index in [1.165, 1.54) is 12.5 Å². The van der Waals surface area contributed by atoms with Crippen molar-refractivity contribution < 1.29 is 4.79 Å². The van der Waals surface area contributed by atoms with Gasteiger partial charge in [0.1, 0.15) is 5.69 Å². The number of benzene rings is 1. The van der Waals surface area contributed by atoms with Crippen molar-refractivity contribution in [2.24, 2.45) is 0 Å². The molecule has 0 spiro atoms. The van der Waals surface area contributed by atoms with Gasteiger partial charge in [-0.2, -0.15) is 5.10 Å². The van der Waals surface area contributed by atoms with Crippen LogP contribution in [-0.4, -0.2) is 16.1 Å². The molecule has 0 atom stereocenters. The predicted octanol–water partition coefficient (Wildman–Crippen LogP) is 1.96. The first-order valence-electron chi connectivity index (χ1n) is 6.06. The minimum absolute atomic E-state index is 0.206. The zero-order valence-electron chi connectivity index (χ0n) is 10.9. The number of aromatic nitrogens is 2. The van der Waals surface area contributed by atoms with Crippen molar-refractivity contribution in [3.05, 3.63) is 46.2 Å². The third-order valence-corrected chi connectivity index (χ3v) is 2.77. The molecule has 98 valence electrons. The zero-order chi connectivity index (χ0) is 13.8. The van der Waals surface area contributed by atoms with Crippen LogP contribution in [0.3, 0.4) is 0 Å². The van der Waals surface area contributed by atoms with Crippen LogP contribution < -0.4 is 10.9 Å². The Morgan fingerprint density at radius 2 is 2.00 bits per heavy atom. The molecule has 0 bridgehead atoms. The maximum absolute atomic E-state index is 11.5. The fraction of sp³-hybridized carbons (Fsp3) is 0.214. The number of hydrogen-bond donors (Lipinski definition) is 2. The van der Waals surface area contributed by atoms with Crippen LogP contribution >= 0.6 is 0 Å². The molecule has 2 rings (SSSR count). The lowest BCUT2D eigenvalue weighted by Gasteiger charge is -2.05. The molecule has 0 aliphatic rings. The fourth-order valence-electron chi connectivity index (χ4n) is 1.75. The summed E-state index contributed by atoms with van der Waals surface area (Å²) in [7, 11) is 0. The number of amides is 1. The van der Waals surface area contributed by atoms with E-state index in [2.05, 4.69) is 22.4 Å². The predicted molar refractivity (Wildman–Crippen MR) is 74.0 cm³/mol. The zero-order valence-corrected chi connectivity index (χ0v) is 10.9. The molecule has 1 heterocycles. The van der Waals surface area contributed by atoms with Gasteiger partial charge in [-0.15, -0.1) is 0 Å². The first kappa shape index (κ1) is 13.0. The molecular weight excluding hydrogens is 242 g/mol. The van der Waals surface area contributed by atoms with Crippen molar-refractivity contribution in [1.82, 2.24) is 10.2 Å². The van der Waals surface area contributed by atoms with Gasteiger partial charge in [0.05, 0.1) is 5.69 Å². The molecule has 0 aliphatic carbocycles. The number of aromatic amines is 1. The van der Waals surface area contributed by atoms with Crippen LogP contribution in [0.1, 0.15) is 19.4 Å². The highest BCUT2D eigenvalue weighted by atomic mass is 16.2. The molecule has 0 saturated carbocycles. The molecule has 1 aromatic carbocycles. The number of rotatable bonds is 3. The van der Waals surface area contributed by atoms with Gasteiger partial charge in [-0.1, -0.05) is 31.2 Å². The Morgan fingerprint density at radius 3 is 2.58 bits per heavy atom.